The molecule has 0 radical (unpaired) electrons. The van der Waals surface area contributed by atoms with Crippen LogP contribution in [0.4, 0.5) is 9.18 Å². The van der Waals surface area contributed by atoms with Gasteiger partial charge in [0.25, 0.3) is 0 Å². The average Bonchev–Trinajstić information content (AvgIpc) is 3.14. The molecule has 1 aromatic rings. The topological polar surface area (TPSA) is 231 Å². The molecule has 16 nitrogen and oxygen atoms in total. The monoisotopic (exact) mass is 859 g/mol. The van der Waals surface area contributed by atoms with Gasteiger partial charge in [-0.3, -0.25) is 14.4 Å². The normalized spacial score (nSPS) is 32.5. The third kappa shape index (κ3) is 8.58. The van der Waals surface area contributed by atoms with Gasteiger partial charge in [0.2, 0.25) is 0 Å². The van der Waals surface area contributed by atoms with Crippen LogP contribution in [-0.4, -0.2) is 117 Å². The fourth-order valence-corrected chi connectivity index (χ4v) is 9.48. The fourth-order valence-electron chi connectivity index (χ4n) is 9.48. The Morgan fingerprint density at radius 1 is 1.07 bits per heavy atom. The molecule has 3 aliphatic carbocycles. The number of aliphatic hydroxyl groups is 3. The number of hydrogen-bond acceptors (Lipinski definition) is 15. The fraction of sp³-hybridized carbons (Fsp3) is 0.636. The Morgan fingerprint density at radius 3 is 2.26 bits per heavy atom. The van der Waals surface area contributed by atoms with Crippen LogP contribution < -0.4 is 5.32 Å². The molecule has 1 heterocycles. The number of hydrogen-bond donors (Lipinski definition) is 4. The highest BCUT2D eigenvalue weighted by molar-refractivity contribution is 5.96. The Morgan fingerprint density at radius 2 is 1.72 bits per heavy atom. The van der Waals surface area contributed by atoms with E-state index in [4.69, 9.17) is 28.4 Å². The van der Waals surface area contributed by atoms with Crippen LogP contribution in [0.3, 0.4) is 0 Å². The molecule has 61 heavy (non-hydrogen) atoms. The Balaban J connectivity index is 1.75. The summed E-state index contributed by atoms with van der Waals surface area (Å²) in [6.07, 6.45) is -10.7. The highest BCUT2D eigenvalue weighted by atomic mass is 19.1. The largest absolute Gasteiger partial charge is 0.456 e. The lowest BCUT2D eigenvalue weighted by molar-refractivity contribution is -0.346. The van der Waals surface area contributed by atoms with Crippen molar-refractivity contribution in [1.29, 1.82) is 0 Å². The Kier molecular flexibility index (Phi) is 13.1. The highest BCUT2D eigenvalue weighted by Gasteiger charge is 2.78. The van der Waals surface area contributed by atoms with Crippen molar-refractivity contribution in [2.75, 3.05) is 6.61 Å². The first-order valence-corrected chi connectivity index (χ1v) is 20.3. The number of benzene rings is 1. The van der Waals surface area contributed by atoms with Gasteiger partial charge < -0.3 is 49.1 Å². The number of Topliss-reactive ketones (excluding diaryl/α,β-unsaturated/α-hetero) is 1. The van der Waals surface area contributed by atoms with E-state index in [-0.39, 0.29) is 36.2 Å². The van der Waals surface area contributed by atoms with E-state index in [0.717, 1.165) is 19.1 Å². The molecule has 336 valence electrons. The summed E-state index contributed by atoms with van der Waals surface area (Å²) in [4.78, 5) is 82.8. The maximum absolute atomic E-state index is 15.5. The molecule has 0 aromatic heterocycles. The van der Waals surface area contributed by atoms with Crippen molar-refractivity contribution >= 4 is 35.8 Å². The number of nitrogens with one attached hydrogen (secondary N) is 1. The van der Waals surface area contributed by atoms with Crippen molar-refractivity contribution in [2.24, 2.45) is 16.7 Å². The van der Waals surface area contributed by atoms with E-state index in [1.807, 2.05) is 0 Å². The number of esters is 4. The van der Waals surface area contributed by atoms with Crippen molar-refractivity contribution in [1.82, 2.24) is 5.32 Å². The number of fused-ring (bicyclic) bond motifs is 5. The van der Waals surface area contributed by atoms with Crippen molar-refractivity contribution in [2.45, 2.75) is 155 Å². The first-order valence-electron chi connectivity index (χ1n) is 20.3. The standard InChI is InChI=1S/C44H58FNO15/c1-12-30(49)58-33-31-22(4)27(57-38(53)32(50)26(16-21(2)3)46-39(54)61-40(6,7)8)19-44(55,41(31,9)10)36(59-37(52)24-14-13-15-25(45)17-24)34-42(11,35(33)51)28(48)18-29-43(34,20-56-29)60-23(5)47/h13-17,26-29,32-34,36,48,50,55H,12,18-20H2,1-11H3,(H,46,54)/t26-,27-,28-,29+,32+,33+,34-,36-,42+,43-,44+/m0/s1. The predicted octanol–water partition coefficient (Wildman–Crippen LogP) is 3.95. The van der Waals surface area contributed by atoms with Gasteiger partial charge in [-0.05, 0) is 77.8 Å². The number of amides is 1. The van der Waals surface area contributed by atoms with Gasteiger partial charge in [0.05, 0.1) is 35.6 Å². The number of aliphatic hydroxyl groups excluding tert-OH is 2. The van der Waals surface area contributed by atoms with Crippen LogP contribution in [0.5, 0.6) is 0 Å². The van der Waals surface area contributed by atoms with Gasteiger partial charge in [0.1, 0.15) is 35.3 Å². The summed E-state index contributed by atoms with van der Waals surface area (Å²) in [6.45, 7) is 16.3. The number of alkyl carbamates (subject to hydrolysis) is 1. The molecule has 5 rings (SSSR count). The SMILES string of the molecule is CCC(=O)O[C@H]1C(=O)[C@@]2(C)[C@H]([C@H](OC(=O)c3cccc(F)c3)[C@]3(O)C[C@H](OC(=O)[C@H](O)[C@H](C=C(C)C)NC(=O)OC(C)(C)C)C(C)=C1C3(C)C)[C@]1(OC(C)=O)CO[C@@H]1C[C@@H]2O. The summed E-state index contributed by atoms with van der Waals surface area (Å²) in [5.74, 6) is -7.47. The molecule has 4 N–H and O–H groups in total. The van der Waals surface area contributed by atoms with E-state index >= 15 is 4.79 Å². The van der Waals surface area contributed by atoms with Crippen LogP contribution in [0.1, 0.15) is 106 Å². The smallest absolute Gasteiger partial charge is 0.408 e. The third-order valence-corrected chi connectivity index (χ3v) is 12.5. The molecule has 1 saturated heterocycles. The average molecular weight is 860 g/mol. The van der Waals surface area contributed by atoms with Gasteiger partial charge in [-0.25, -0.2) is 18.8 Å². The summed E-state index contributed by atoms with van der Waals surface area (Å²) >= 11 is 0. The molecule has 1 aliphatic heterocycles. The number of rotatable bonds is 10. The van der Waals surface area contributed by atoms with Gasteiger partial charge in [0.15, 0.2) is 23.6 Å². The summed E-state index contributed by atoms with van der Waals surface area (Å²) in [5, 5.41) is 39.6. The number of carbonyl (C=O) groups is 6. The van der Waals surface area contributed by atoms with E-state index in [1.165, 1.54) is 52.8 Å². The second kappa shape index (κ2) is 16.9. The number of ether oxygens (including phenoxy) is 6. The minimum atomic E-state index is -2.48. The molecule has 0 spiro atoms. The minimum absolute atomic E-state index is 0.0553. The van der Waals surface area contributed by atoms with Gasteiger partial charge in [-0.1, -0.05) is 38.5 Å². The van der Waals surface area contributed by atoms with Crippen molar-refractivity contribution in [3.8, 4) is 0 Å². The summed E-state index contributed by atoms with van der Waals surface area (Å²) in [5.41, 5.74) is -8.74. The lowest BCUT2D eigenvalue weighted by atomic mass is 9.44. The number of ketones is 1. The second-order valence-corrected chi connectivity index (χ2v) is 18.4. The molecular weight excluding hydrogens is 801 g/mol. The predicted molar refractivity (Wildman–Crippen MR) is 212 cm³/mol. The molecule has 2 saturated carbocycles. The molecular formula is C44H58FNO15. The Hall–Kier alpha value is -4.71. The minimum Gasteiger partial charge on any atom is -0.456 e. The van der Waals surface area contributed by atoms with Crippen molar-refractivity contribution in [3.05, 3.63) is 58.4 Å². The maximum Gasteiger partial charge on any atom is 0.408 e. The lowest BCUT2D eigenvalue weighted by Crippen LogP contribution is -2.82. The summed E-state index contributed by atoms with van der Waals surface area (Å²) < 4.78 is 49.9. The maximum atomic E-state index is 15.5. The zero-order valence-electron chi connectivity index (χ0n) is 36.5. The Labute approximate surface area is 354 Å². The van der Waals surface area contributed by atoms with E-state index in [1.54, 1.807) is 34.6 Å². The van der Waals surface area contributed by atoms with Crippen LogP contribution >= 0.6 is 0 Å². The van der Waals surface area contributed by atoms with Gasteiger partial charge in [0, 0.05) is 31.6 Å². The van der Waals surface area contributed by atoms with E-state index in [2.05, 4.69) is 5.32 Å². The second-order valence-electron chi connectivity index (χ2n) is 18.4. The summed E-state index contributed by atoms with van der Waals surface area (Å²) in [6, 6.07) is 3.14. The molecule has 0 unspecified atom stereocenters. The van der Waals surface area contributed by atoms with E-state index in [9.17, 15) is 43.7 Å². The van der Waals surface area contributed by atoms with Crippen LogP contribution in [-0.2, 0) is 47.6 Å². The molecule has 11 atom stereocenters. The number of carbonyl (C=O) groups excluding carboxylic acids is 6. The van der Waals surface area contributed by atoms with Crippen LogP contribution in [0.25, 0.3) is 0 Å². The third-order valence-electron chi connectivity index (χ3n) is 12.5. The lowest BCUT2D eigenvalue weighted by Gasteiger charge is -2.67. The Bertz CT molecular complexity index is 2020. The van der Waals surface area contributed by atoms with E-state index < -0.39 is 124 Å². The van der Waals surface area contributed by atoms with Gasteiger partial charge in [-0.2, -0.15) is 0 Å². The number of halogens is 1. The van der Waals surface area contributed by atoms with E-state index in [0.29, 0.717) is 5.57 Å². The highest BCUT2D eigenvalue weighted by Crippen LogP contribution is 2.64. The van der Waals surface area contributed by atoms with Crippen molar-refractivity contribution < 1.29 is 76.9 Å². The summed E-state index contributed by atoms with van der Waals surface area (Å²) in [7, 11) is 0. The quantitative estimate of drug-likeness (QED) is 0.148. The van der Waals surface area contributed by atoms with Crippen LogP contribution in [0, 0.1) is 22.6 Å². The first kappa shape index (κ1) is 47.3. The van der Waals surface area contributed by atoms with Gasteiger partial charge in [-0.15, -0.1) is 0 Å². The first-order chi connectivity index (χ1) is 28.1. The molecule has 17 heteroatoms. The molecule has 2 bridgehead atoms. The molecule has 4 aliphatic rings. The van der Waals surface area contributed by atoms with Crippen LogP contribution in [0.2, 0.25) is 0 Å². The number of allylic oxidation sites excluding steroid dienone is 1. The molecule has 1 aromatic carbocycles. The zero-order valence-corrected chi connectivity index (χ0v) is 36.5. The zero-order chi connectivity index (χ0) is 45.8. The van der Waals surface area contributed by atoms with Crippen molar-refractivity contribution in [3.63, 3.8) is 0 Å². The van der Waals surface area contributed by atoms with Crippen LogP contribution in [0.15, 0.2) is 47.1 Å². The molecule has 1 amide bonds. The van der Waals surface area contributed by atoms with Gasteiger partial charge >= 0.3 is 30.0 Å². The molecule has 3 fully saturated rings.